The first-order valence-electron chi connectivity index (χ1n) is 18.9. The number of benzene rings is 4. The third kappa shape index (κ3) is 10.3. The van der Waals surface area contributed by atoms with E-state index < -0.39 is 47.4 Å². The van der Waals surface area contributed by atoms with Crippen LogP contribution in [0.3, 0.4) is 0 Å². The number of hydrogen-bond acceptors (Lipinski definition) is 6. The molecule has 1 saturated carbocycles. The van der Waals surface area contributed by atoms with E-state index in [9.17, 15) is 29.4 Å². The average Bonchev–Trinajstić information content (AvgIpc) is 3.15. The number of amides is 2. The first-order chi connectivity index (χ1) is 26.2. The molecule has 4 aromatic carbocycles. The molecule has 10 nitrogen and oxygen atoms in total. The lowest BCUT2D eigenvalue weighted by molar-refractivity contribution is -0.187. The fourth-order valence-electron chi connectivity index (χ4n) is 7.05. The Balaban J connectivity index is 1.39. The maximum Gasteiger partial charge on any atom is 0.308 e. The second-order valence-corrected chi connectivity index (χ2v) is 13.8. The molecule has 0 spiro atoms. The van der Waals surface area contributed by atoms with Crippen molar-refractivity contribution in [3.05, 3.63) is 120 Å². The van der Waals surface area contributed by atoms with Crippen molar-refractivity contribution in [1.82, 2.24) is 9.80 Å². The molecule has 4 aromatic rings. The second-order valence-electron chi connectivity index (χ2n) is 13.8. The van der Waals surface area contributed by atoms with Crippen molar-refractivity contribution in [1.29, 1.82) is 0 Å². The van der Waals surface area contributed by atoms with Crippen LogP contribution in [0.5, 0.6) is 23.0 Å². The van der Waals surface area contributed by atoms with Gasteiger partial charge in [-0.1, -0.05) is 100 Å². The number of carbonyl (C=O) groups is 4. The monoisotopic (exact) mass is 734 g/mol. The number of hydrogen-bond donors (Lipinski definition) is 2. The number of para-hydroxylation sites is 2. The Morgan fingerprint density at radius 3 is 1.13 bits per heavy atom. The molecule has 1 aliphatic carbocycles. The van der Waals surface area contributed by atoms with Gasteiger partial charge in [0.2, 0.25) is 11.8 Å². The summed E-state index contributed by atoms with van der Waals surface area (Å²) in [5.74, 6) is -6.93. The molecule has 4 unspecified atom stereocenters. The van der Waals surface area contributed by atoms with Gasteiger partial charge in [-0.25, -0.2) is 0 Å². The third-order valence-electron chi connectivity index (χ3n) is 9.93. The first-order valence-corrected chi connectivity index (χ1v) is 18.9. The Morgan fingerprint density at radius 2 is 0.815 bits per heavy atom. The zero-order valence-corrected chi connectivity index (χ0v) is 31.0. The fraction of sp³-hybridized carbons (Fsp3) is 0.364. The number of nitrogens with zero attached hydrogens (tertiary/aromatic N) is 2. The molecule has 4 atom stereocenters. The van der Waals surface area contributed by atoms with Crippen LogP contribution in [0.2, 0.25) is 0 Å². The second kappa shape index (κ2) is 19.4. The molecule has 5 rings (SSSR count). The average molecular weight is 735 g/mol. The van der Waals surface area contributed by atoms with Gasteiger partial charge in [-0.2, -0.15) is 0 Å². The fourth-order valence-corrected chi connectivity index (χ4v) is 7.05. The molecule has 0 radical (unpaired) electrons. The quantitative estimate of drug-likeness (QED) is 0.0863. The molecule has 0 heterocycles. The minimum absolute atomic E-state index is 0.174. The molecule has 0 aromatic heterocycles. The van der Waals surface area contributed by atoms with Crippen LogP contribution in [0.25, 0.3) is 0 Å². The molecule has 0 aliphatic heterocycles. The first kappa shape index (κ1) is 39.6. The molecule has 284 valence electrons. The van der Waals surface area contributed by atoms with Crippen molar-refractivity contribution >= 4 is 23.8 Å². The van der Waals surface area contributed by atoms with E-state index in [-0.39, 0.29) is 13.1 Å². The van der Waals surface area contributed by atoms with Crippen LogP contribution in [-0.2, 0) is 32.3 Å². The van der Waals surface area contributed by atoms with Gasteiger partial charge in [-0.15, -0.1) is 0 Å². The van der Waals surface area contributed by atoms with E-state index in [4.69, 9.17) is 9.47 Å². The van der Waals surface area contributed by atoms with E-state index >= 15 is 0 Å². The Bertz CT molecular complexity index is 1680. The molecule has 1 fully saturated rings. The van der Waals surface area contributed by atoms with Gasteiger partial charge in [-0.05, 0) is 72.5 Å². The number of carboxylic acid groups (broad SMARTS) is 2. The molecule has 2 amide bonds. The van der Waals surface area contributed by atoms with Crippen LogP contribution < -0.4 is 9.47 Å². The molecular formula is C44H50N2O8. The number of carbonyl (C=O) groups excluding carboxylic acids is 2. The molecule has 0 saturated heterocycles. The van der Waals surface area contributed by atoms with Gasteiger partial charge in [0, 0.05) is 26.2 Å². The minimum atomic E-state index is -1.54. The summed E-state index contributed by atoms with van der Waals surface area (Å²) in [5.41, 5.74) is 1.59. The molecule has 10 heteroatoms. The largest absolute Gasteiger partial charge is 0.481 e. The Labute approximate surface area is 317 Å². The standard InChI is InChI=1S/C44H50N2O8/c1-3-5-13-27-45(29-31-19-23-35(24-20-31)53-33-15-9-7-10-16-33)41(47)37-38(40(44(51)52)39(37)43(49)50)42(48)46(28-14-6-4-2)30-32-21-25-36(26-22-32)54-34-17-11-8-12-18-34/h7-12,15-26,37-40H,3-6,13-14,27-30H2,1-2H3,(H,49,50)(H,51,52). The van der Waals surface area contributed by atoms with E-state index in [1.165, 1.54) is 0 Å². The van der Waals surface area contributed by atoms with Crippen LogP contribution in [-0.4, -0.2) is 56.9 Å². The van der Waals surface area contributed by atoms with Gasteiger partial charge in [0.1, 0.15) is 23.0 Å². The molecule has 2 N–H and O–H groups in total. The zero-order valence-electron chi connectivity index (χ0n) is 31.0. The van der Waals surface area contributed by atoms with Crippen LogP contribution in [0.4, 0.5) is 0 Å². The third-order valence-corrected chi connectivity index (χ3v) is 9.93. The predicted octanol–water partition coefficient (Wildman–Crippen LogP) is 8.66. The highest BCUT2D eigenvalue weighted by molar-refractivity contribution is 5.99. The van der Waals surface area contributed by atoms with Crippen LogP contribution >= 0.6 is 0 Å². The smallest absolute Gasteiger partial charge is 0.308 e. The topological polar surface area (TPSA) is 134 Å². The molecule has 0 bridgehead atoms. The van der Waals surface area contributed by atoms with Gasteiger partial charge in [0.05, 0.1) is 23.7 Å². The maximum absolute atomic E-state index is 14.5. The van der Waals surface area contributed by atoms with Crippen LogP contribution in [0.1, 0.15) is 63.5 Å². The minimum Gasteiger partial charge on any atom is -0.481 e. The lowest BCUT2D eigenvalue weighted by Gasteiger charge is -2.48. The van der Waals surface area contributed by atoms with Crippen molar-refractivity contribution in [3.63, 3.8) is 0 Å². The van der Waals surface area contributed by atoms with E-state index in [2.05, 4.69) is 0 Å². The summed E-state index contributed by atoms with van der Waals surface area (Å²) in [6, 6.07) is 33.4. The highest BCUT2D eigenvalue weighted by Crippen LogP contribution is 2.49. The van der Waals surface area contributed by atoms with Crippen molar-refractivity contribution in [2.75, 3.05) is 13.1 Å². The van der Waals surface area contributed by atoms with Gasteiger partial charge in [0.25, 0.3) is 0 Å². The van der Waals surface area contributed by atoms with E-state index in [1.807, 2.05) is 123 Å². The number of aliphatic carboxylic acids is 2. The highest BCUT2D eigenvalue weighted by Gasteiger charge is 2.64. The van der Waals surface area contributed by atoms with Crippen molar-refractivity contribution in [2.24, 2.45) is 23.7 Å². The van der Waals surface area contributed by atoms with Crippen molar-refractivity contribution in [3.8, 4) is 23.0 Å². The summed E-state index contributed by atoms with van der Waals surface area (Å²) in [6.45, 7) is 5.13. The van der Waals surface area contributed by atoms with E-state index in [0.29, 0.717) is 48.9 Å². The Hall–Kier alpha value is -5.64. The lowest BCUT2D eigenvalue weighted by Crippen LogP contribution is -2.64. The zero-order chi connectivity index (χ0) is 38.5. The summed E-state index contributed by atoms with van der Waals surface area (Å²) in [5, 5.41) is 20.6. The maximum atomic E-state index is 14.5. The van der Waals surface area contributed by atoms with E-state index in [1.54, 1.807) is 9.80 Å². The molecular weight excluding hydrogens is 684 g/mol. The van der Waals surface area contributed by atoms with Gasteiger partial charge < -0.3 is 29.5 Å². The Morgan fingerprint density at radius 1 is 0.481 bits per heavy atom. The van der Waals surface area contributed by atoms with Crippen molar-refractivity contribution < 1.29 is 38.9 Å². The van der Waals surface area contributed by atoms with Crippen LogP contribution in [0, 0.1) is 23.7 Å². The normalized spacial score (nSPS) is 17.5. The SMILES string of the molecule is CCCCCN(Cc1ccc(Oc2ccccc2)cc1)C(=O)C1C(C(=O)O)C(C(=O)O)C1C(=O)N(CCCCC)Cc1ccc(Oc2ccccc2)cc1. The van der Waals surface area contributed by atoms with Gasteiger partial charge in [0.15, 0.2) is 0 Å². The predicted molar refractivity (Wildman–Crippen MR) is 205 cm³/mol. The number of unbranched alkanes of at least 4 members (excludes halogenated alkanes) is 4. The number of rotatable bonds is 20. The van der Waals surface area contributed by atoms with Gasteiger partial charge in [-0.3, -0.25) is 19.2 Å². The highest BCUT2D eigenvalue weighted by atomic mass is 16.5. The molecule has 1 aliphatic rings. The molecule has 54 heavy (non-hydrogen) atoms. The van der Waals surface area contributed by atoms with Crippen molar-refractivity contribution in [2.45, 2.75) is 65.5 Å². The summed E-state index contributed by atoms with van der Waals surface area (Å²) in [7, 11) is 0. The van der Waals surface area contributed by atoms with E-state index in [0.717, 1.165) is 36.8 Å². The number of ether oxygens (including phenoxy) is 2. The summed E-state index contributed by atoms with van der Waals surface area (Å²) >= 11 is 0. The van der Waals surface area contributed by atoms with Gasteiger partial charge >= 0.3 is 11.9 Å². The number of carboxylic acids is 2. The summed E-state index contributed by atoms with van der Waals surface area (Å²) in [4.78, 5) is 57.5. The lowest BCUT2D eigenvalue weighted by atomic mass is 9.55. The summed E-state index contributed by atoms with van der Waals surface area (Å²) in [6.07, 6.45) is 4.86. The van der Waals surface area contributed by atoms with Crippen LogP contribution in [0.15, 0.2) is 109 Å². The Kier molecular flexibility index (Phi) is 14.2. The summed E-state index contributed by atoms with van der Waals surface area (Å²) < 4.78 is 11.9.